The van der Waals surface area contributed by atoms with Crippen molar-refractivity contribution < 1.29 is 13.5 Å². The average Bonchev–Trinajstić information content (AvgIpc) is 2.77. The maximum Gasteiger partial charge on any atom is 0.193 e. The Morgan fingerprint density at radius 2 is 1.77 bits per heavy atom. The van der Waals surface area contributed by atoms with Gasteiger partial charge in [0.15, 0.2) is 11.6 Å². The van der Waals surface area contributed by atoms with Gasteiger partial charge < -0.3 is 4.74 Å². The molecule has 0 aromatic heterocycles. The fourth-order valence-corrected chi connectivity index (χ4v) is 5.70. The first kappa shape index (κ1) is 26.1. The molecule has 2 aliphatic rings. The molecule has 178 valence electrons. The summed E-state index contributed by atoms with van der Waals surface area (Å²) in [5, 5.41) is 0. The maximum atomic E-state index is 14.1. The standard InChI is InChI=1S/C28H46F2O/c1-6-8-23-12-16-25(17-13-23)20(3)10-14-24(9-7-2)21(4)18-26-15-11-22(5)31-28(26)27(30)19-29/h18-20,22-25H,6-17H2,1-5H3/b21-18+,27-19-. The van der Waals surface area contributed by atoms with E-state index in [1.807, 2.05) is 6.92 Å². The third-order valence-corrected chi connectivity index (χ3v) is 7.79. The molecule has 0 amide bonds. The fourth-order valence-electron chi connectivity index (χ4n) is 5.70. The third kappa shape index (κ3) is 8.06. The van der Waals surface area contributed by atoms with Crippen molar-refractivity contribution >= 4 is 0 Å². The van der Waals surface area contributed by atoms with Crippen molar-refractivity contribution in [2.24, 2.45) is 23.7 Å². The fraction of sp³-hybridized carbons (Fsp3) is 0.786. The number of rotatable bonds is 11. The molecule has 3 unspecified atom stereocenters. The Bertz CT molecular complexity index is 625. The van der Waals surface area contributed by atoms with Crippen molar-refractivity contribution in [2.75, 3.05) is 0 Å². The minimum absolute atomic E-state index is 0.0248. The van der Waals surface area contributed by atoms with E-state index in [1.165, 1.54) is 56.9 Å². The van der Waals surface area contributed by atoms with Gasteiger partial charge in [0.2, 0.25) is 0 Å². The van der Waals surface area contributed by atoms with Crippen molar-refractivity contribution in [2.45, 2.75) is 118 Å². The van der Waals surface area contributed by atoms with Gasteiger partial charge in [0, 0.05) is 0 Å². The minimum atomic E-state index is -0.884. The zero-order valence-electron chi connectivity index (χ0n) is 20.7. The summed E-state index contributed by atoms with van der Waals surface area (Å²) >= 11 is 0. The van der Waals surface area contributed by atoms with Crippen LogP contribution < -0.4 is 0 Å². The number of halogens is 2. The normalized spacial score (nSPS) is 27.8. The molecule has 1 fully saturated rings. The van der Waals surface area contributed by atoms with Crippen molar-refractivity contribution in [3.8, 4) is 0 Å². The topological polar surface area (TPSA) is 9.23 Å². The van der Waals surface area contributed by atoms with Crippen molar-refractivity contribution in [3.05, 3.63) is 35.1 Å². The molecule has 0 spiro atoms. The zero-order chi connectivity index (χ0) is 22.8. The highest BCUT2D eigenvalue weighted by molar-refractivity contribution is 5.36. The zero-order valence-corrected chi connectivity index (χ0v) is 20.7. The van der Waals surface area contributed by atoms with Gasteiger partial charge in [0.25, 0.3) is 0 Å². The van der Waals surface area contributed by atoms with E-state index in [0.717, 1.165) is 49.0 Å². The van der Waals surface area contributed by atoms with Gasteiger partial charge in [-0.25, -0.2) is 8.78 Å². The molecule has 31 heavy (non-hydrogen) atoms. The van der Waals surface area contributed by atoms with E-state index < -0.39 is 5.83 Å². The van der Waals surface area contributed by atoms with Crippen LogP contribution in [-0.4, -0.2) is 6.10 Å². The molecule has 3 atom stereocenters. The van der Waals surface area contributed by atoms with Crippen LogP contribution in [0.25, 0.3) is 0 Å². The third-order valence-electron chi connectivity index (χ3n) is 7.79. The van der Waals surface area contributed by atoms with Gasteiger partial charge in [-0.1, -0.05) is 64.5 Å². The molecule has 1 saturated carbocycles. The Balaban J connectivity index is 2.00. The van der Waals surface area contributed by atoms with Crippen LogP contribution >= 0.6 is 0 Å². The quantitative estimate of drug-likeness (QED) is 0.313. The summed E-state index contributed by atoms with van der Waals surface area (Å²) in [6, 6.07) is 0. The molecule has 1 nitrogen and oxygen atoms in total. The van der Waals surface area contributed by atoms with Crippen LogP contribution in [0, 0.1) is 23.7 Å². The van der Waals surface area contributed by atoms with Crippen LogP contribution in [-0.2, 0) is 4.74 Å². The molecule has 1 aliphatic carbocycles. The summed E-state index contributed by atoms with van der Waals surface area (Å²) in [7, 11) is 0. The van der Waals surface area contributed by atoms with Crippen LogP contribution in [0.1, 0.15) is 112 Å². The van der Waals surface area contributed by atoms with Crippen LogP contribution in [0.15, 0.2) is 35.1 Å². The first-order valence-electron chi connectivity index (χ1n) is 12.9. The summed E-state index contributed by atoms with van der Waals surface area (Å²) in [4.78, 5) is 0. The number of ether oxygens (including phenoxy) is 1. The first-order valence-corrected chi connectivity index (χ1v) is 12.9. The summed E-state index contributed by atoms with van der Waals surface area (Å²) in [6.45, 7) is 11.1. The molecule has 0 radical (unpaired) electrons. The second-order valence-corrected chi connectivity index (χ2v) is 10.3. The summed E-state index contributed by atoms with van der Waals surface area (Å²) < 4.78 is 32.6. The lowest BCUT2D eigenvalue weighted by Gasteiger charge is -2.33. The Kier molecular flexibility index (Phi) is 11.3. The molecular formula is C28H46F2O. The molecule has 1 aliphatic heterocycles. The molecule has 3 heteroatoms. The van der Waals surface area contributed by atoms with Gasteiger partial charge >= 0.3 is 0 Å². The molecule has 0 saturated heterocycles. The summed E-state index contributed by atoms with van der Waals surface area (Å²) in [6.07, 6.45) is 16.7. The van der Waals surface area contributed by atoms with Gasteiger partial charge in [0.05, 0.1) is 6.10 Å². The molecule has 0 aromatic rings. The van der Waals surface area contributed by atoms with E-state index in [-0.39, 0.29) is 18.2 Å². The predicted molar refractivity (Wildman–Crippen MR) is 128 cm³/mol. The van der Waals surface area contributed by atoms with Crippen LogP contribution in [0.5, 0.6) is 0 Å². The largest absolute Gasteiger partial charge is 0.487 e. The average molecular weight is 437 g/mol. The SMILES string of the molecule is CCCC1CCC(C(C)CCC(CCC)/C(C)=C/C2=C(C(/F)=C/F)OC(C)CC2)CC1. The lowest BCUT2D eigenvalue weighted by atomic mass is 9.73. The maximum absolute atomic E-state index is 14.1. The number of hydrogen-bond donors (Lipinski definition) is 0. The molecule has 0 aromatic carbocycles. The monoisotopic (exact) mass is 436 g/mol. The second kappa shape index (κ2) is 13.4. The van der Waals surface area contributed by atoms with E-state index in [2.05, 4.69) is 33.8 Å². The van der Waals surface area contributed by atoms with Gasteiger partial charge in [-0.05, 0) is 88.0 Å². The van der Waals surface area contributed by atoms with Gasteiger partial charge in [-0.3, -0.25) is 0 Å². The number of allylic oxidation sites excluding steroid dienone is 4. The predicted octanol–water partition coefficient (Wildman–Crippen LogP) is 9.61. The number of hydrogen-bond acceptors (Lipinski definition) is 1. The van der Waals surface area contributed by atoms with E-state index >= 15 is 0 Å². The Hall–Kier alpha value is -1.12. The highest BCUT2D eigenvalue weighted by atomic mass is 19.2. The Morgan fingerprint density at radius 3 is 2.39 bits per heavy atom. The summed E-state index contributed by atoms with van der Waals surface area (Å²) in [5.74, 6) is 2.35. The highest BCUT2D eigenvalue weighted by Gasteiger charge is 2.26. The lowest BCUT2D eigenvalue weighted by Crippen LogP contribution is -2.21. The van der Waals surface area contributed by atoms with Crippen molar-refractivity contribution in [3.63, 3.8) is 0 Å². The minimum Gasteiger partial charge on any atom is -0.487 e. The van der Waals surface area contributed by atoms with E-state index in [9.17, 15) is 8.78 Å². The summed E-state index contributed by atoms with van der Waals surface area (Å²) in [5.41, 5.74) is 2.10. The Morgan fingerprint density at radius 1 is 1.06 bits per heavy atom. The molecule has 2 rings (SSSR count). The van der Waals surface area contributed by atoms with Crippen LogP contribution in [0.4, 0.5) is 8.78 Å². The van der Waals surface area contributed by atoms with Crippen LogP contribution in [0.3, 0.4) is 0 Å². The Labute approximate surface area is 190 Å². The molecular weight excluding hydrogens is 390 g/mol. The highest BCUT2D eigenvalue weighted by Crippen LogP contribution is 2.38. The second-order valence-electron chi connectivity index (χ2n) is 10.3. The van der Waals surface area contributed by atoms with E-state index in [0.29, 0.717) is 5.92 Å². The molecule has 0 bridgehead atoms. The van der Waals surface area contributed by atoms with Gasteiger partial charge in [-0.15, -0.1) is 0 Å². The van der Waals surface area contributed by atoms with Gasteiger partial charge in [-0.2, -0.15) is 0 Å². The van der Waals surface area contributed by atoms with E-state index in [1.54, 1.807) is 0 Å². The van der Waals surface area contributed by atoms with Gasteiger partial charge in [0.1, 0.15) is 6.33 Å². The lowest BCUT2D eigenvalue weighted by molar-refractivity contribution is 0.106. The van der Waals surface area contributed by atoms with E-state index in [4.69, 9.17) is 4.74 Å². The van der Waals surface area contributed by atoms with Crippen molar-refractivity contribution in [1.29, 1.82) is 0 Å². The smallest absolute Gasteiger partial charge is 0.193 e. The van der Waals surface area contributed by atoms with Crippen molar-refractivity contribution in [1.82, 2.24) is 0 Å². The first-order chi connectivity index (χ1) is 14.9. The van der Waals surface area contributed by atoms with Crippen LogP contribution in [0.2, 0.25) is 0 Å². The molecule has 0 N–H and O–H groups in total. The molecule has 1 heterocycles.